The molecule has 0 saturated carbocycles. The molecule has 2 amide bonds. The van der Waals surface area contributed by atoms with Gasteiger partial charge in [0.05, 0.1) is 12.8 Å². The number of aliphatic imine (C=N–C) groups is 1. The number of carbonyl (C=O) groups excluding carboxylic acids is 2. The Morgan fingerprint density at radius 3 is 2.34 bits per heavy atom. The molecule has 2 aliphatic heterocycles. The molecule has 32 heavy (non-hydrogen) atoms. The van der Waals surface area contributed by atoms with E-state index in [1.54, 1.807) is 43.3 Å². The molecule has 0 N–H and O–H groups in total. The molecule has 9 heteroatoms. The molecule has 0 radical (unpaired) electrons. The van der Waals surface area contributed by atoms with Crippen molar-refractivity contribution in [3.05, 3.63) is 54.3 Å². The third-order valence-electron chi connectivity index (χ3n) is 5.62. The number of nitrogens with zero attached hydrogens (tertiary/aromatic N) is 4. The van der Waals surface area contributed by atoms with E-state index >= 15 is 0 Å². The molecule has 2 aliphatic rings. The Hall–Kier alpha value is -3.07. The van der Waals surface area contributed by atoms with Gasteiger partial charge in [-0.15, -0.1) is 0 Å². The average molecular weight is 457 g/mol. The van der Waals surface area contributed by atoms with Crippen LogP contribution in [0, 0.1) is 5.82 Å². The van der Waals surface area contributed by atoms with Gasteiger partial charge in [-0.3, -0.25) is 14.5 Å². The molecular formula is C23H25FN4O3S. The number of amidine groups is 1. The number of carbonyl (C=O) groups is 2. The van der Waals surface area contributed by atoms with Gasteiger partial charge in [-0.1, -0.05) is 11.8 Å². The summed E-state index contributed by atoms with van der Waals surface area (Å²) >= 11 is 1.33. The first-order chi connectivity index (χ1) is 15.4. The number of hydrogen-bond donors (Lipinski definition) is 0. The second-order valence-electron chi connectivity index (χ2n) is 7.64. The highest BCUT2D eigenvalue weighted by Gasteiger charge is 2.37. The van der Waals surface area contributed by atoms with E-state index in [9.17, 15) is 14.0 Å². The molecule has 1 unspecified atom stereocenters. The fourth-order valence-electron chi connectivity index (χ4n) is 3.70. The van der Waals surface area contributed by atoms with Crippen molar-refractivity contribution in [2.24, 2.45) is 4.99 Å². The summed E-state index contributed by atoms with van der Waals surface area (Å²) in [6.45, 7) is 2.44. The summed E-state index contributed by atoms with van der Waals surface area (Å²) in [7, 11) is 3.28. The highest BCUT2D eigenvalue weighted by molar-refractivity contribution is 8.15. The van der Waals surface area contributed by atoms with Crippen LogP contribution in [0.15, 0.2) is 53.5 Å². The van der Waals surface area contributed by atoms with Gasteiger partial charge in [0, 0.05) is 45.3 Å². The van der Waals surface area contributed by atoms with Crippen molar-refractivity contribution in [3.8, 4) is 5.75 Å². The largest absolute Gasteiger partial charge is 0.497 e. The molecule has 2 saturated heterocycles. The number of rotatable bonds is 4. The maximum Gasteiger partial charge on any atom is 0.236 e. The second-order valence-corrected chi connectivity index (χ2v) is 8.81. The molecule has 0 aromatic heterocycles. The van der Waals surface area contributed by atoms with Crippen LogP contribution in [0.2, 0.25) is 0 Å². The lowest BCUT2D eigenvalue weighted by Crippen LogP contribution is -2.53. The molecule has 4 rings (SSSR count). The Bertz CT molecular complexity index is 1000. The quantitative estimate of drug-likeness (QED) is 0.707. The van der Waals surface area contributed by atoms with Crippen molar-refractivity contribution in [1.82, 2.24) is 9.80 Å². The first kappa shape index (κ1) is 22.1. The van der Waals surface area contributed by atoms with Crippen LogP contribution in [0.1, 0.15) is 6.42 Å². The van der Waals surface area contributed by atoms with Crippen molar-refractivity contribution in [2.75, 3.05) is 45.2 Å². The van der Waals surface area contributed by atoms with Crippen LogP contribution >= 0.6 is 11.8 Å². The van der Waals surface area contributed by atoms with E-state index in [0.29, 0.717) is 37.0 Å². The van der Waals surface area contributed by atoms with Gasteiger partial charge in [0.15, 0.2) is 5.17 Å². The molecule has 168 valence electrons. The Morgan fingerprint density at radius 2 is 1.72 bits per heavy atom. The van der Waals surface area contributed by atoms with E-state index in [0.717, 1.165) is 11.4 Å². The third-order valence-corrected chi connectivity index (χ3v) is 6.85. The number of amides is 2. The van der Waals surface area contributed by atoms with Crippen molar-refractivity contribution >= 4 is 40.1 Å². The van der Waals surface area contributed by atoms with Crippen molar-refractivity contribution in [3.63, 3.8) is 0 Å². The summed E-state index contributed by atoms with van der Waals surface area (Å²) in [6, 6.07) is 13.6. The number of methoxy groups -OCH3 is 1. The van der Waals surface area contributed by atoms with Crippen molar-refractivity contribution in [1.29, 1.82) is 0 Å². The lowest BCUT2D eigenvalue weighted by Gasteiger charge is -2.38. The normalized spacial score (nSPS) is 20.6. The maximum atomic E-state index is 13.2. The Morgan fingerprint density at radius 1 is 1.06 bits per heavy atom. The van der Waals surface area contributed by atoms with E-state index in [1.165, 1.54) is 28.8 Å². The predicted octanol–water partition coefficient (Wildman–Crippen LogP) is 3.13. The number of hydrogen-bond acceptors (Lipinski definition) is 6. The van der Waals surface area contributed by atoms with Gasteiger partial charge in [0.1, 0.15) is 16.8 Å². The minimum Gasteiger partial charge on any atom is -0.497 e. The fourth-order valence-corrected chi connectivity index (χ4v) is 4.85. The smallest absolute Gasteiger partial charge is 0.236 e. The van der Waals surface area contributed by atoms with Gasteiger partial charge in [-0.2, -0.15) is 0 Å². The molecule has 2 aromatic rings. The highest BCUT2D eigenvalue weighted by Crippen LogP contribution is 2.30. The van der Waals surface area contributed by atoms with Gasteiger partial charge in [-0.25, -0.2) is 9.38 Å². The van der Waals surface area contributed by atoms with Gasteiger partial charge in [0.25, 0.3) is 0 Å². The van der Waals surface area contributed by atoms with Crippen LogP contribution in [0.5, 0.6) is 5.75 Å². The highest BCUT2D eigenvalue weighted by atomic mass is 32.2. The fraction of sp³-hybridized carbons (Fsp3) is 0.348. The van der Waals surface area contributed by atoms with Crippen molar-refractivity contribution < 1.29 is 18.7 Å². The lowest BCUT2D eigenvalue weighted by atomic mass is 10.2. The van der Waals surface area contributed by atoms with Crippen LogP contribution in [0.3, 0.4) is 0 Å². The Kier molecular flexibility index (Phi) is 6.64. The minimum atomic E-state index is -0.493. The third kappa shape index (κ3) is 4.88. The zero-order valence-corrected chi connectivity index (χ0v) is 18.8. The Labute approximate surface area is 190 Å². The van der Waals surface area contributed by atoms with Crippen LogP contribution in [0.25, 0.3) is 0 Å². The number of halogens is 1. The van der Waals surface area contributed by atoms with Gasteiger partial charge in [0.2, 0.25) is 11.8 Å². The number of anilines is 1. The topological polar surface area (TPSA) is 65.5 Å². The number of piperazine rings is 1. The summed E-state index contributed by atoms with van der Waals surface area (Å²) in [5.74, 6) is 0.290. The number of ether oxygens (including phenoxy) is 1. The van der Waals surface area contributed by atoms with E-state index in [4.69, 9.17) is 4.74 Å². The summed E-state index contributed by atoms with van der Waals surface area (Å²) in [6.07, 6.45) is 0.153. The zero-order chi connectivity index (χ0) is 22.7. The average Bonchev–Trinajstić information content (AvgIpc) is 2.82. The van der Waals surface area contributed by atoms with Gasteiger partial charge < -0.3 is 14.5 Å². The molecule has 2 fully saturated rings. The molecule has 2 heterocycles. The molecule has 0 aliphatic carbocycles. The Balaban J connectivity index is 1.41. The van der Waals surface area contributed by atoms with Gasteiger partial charge in [-0.05, 0) is 48.5 Å². The van der Waals surface area contributed by atoms with E-state index in [1.807, 2.05) is 12.1 Å². The van der Waals surface area contributed by atoms with E-state index in [2.05, 4.69) is 9.89 Å². The molecule has 0 bridgehead atoms. The molecule has 7 nitrogen and oxygen atoms in total. The first-order valence-electron chi connectivity index (χ1n) is 10.4. The first-order valence-corrected chi connectivity index (χ1v) is 11.3. The summed E-state index contributed by atoms with van der Waals surface area (Å²) in [5, 5.41) is 0.0165. The van der Waals surface area contributed by atoms with Crippen LogP contribution in [-0.2, 0) is 9.59 Å². The van der Waals surface area contributed by atoms with E-state index < -0.39 is 5.25 Å². The number of benzene rings is 2. The van der Waals surface area contributed by atoms with Crippen molar-refractivity contribution in [2.45, 2.75) is 11.7 Å². The molecule has 0 spiro atoms. The molecule has 2 aromatic carbocycles. The standard InChI is InChI=1S/C23H25FN4O3S/c1-26-21(29)15-20(32-23(26)25-17-5-9-19(31-2)10-6-17)22(30)28-13-11-27(12-14-28)18-7-3-16(24)4-8-18/h3-10,20H,11-15H2,1-2H3. The summed E-state index contributed by atoms with van der Waals surface area (Å²) in [5.41, 5.74) is 1.63. The lowest BCUT2D eigenvalue weighted by molar-refractivity contribution is -0.134. The molecular weight excluding hydrogens is 431 g/mol. The summed E-state index contributed by atoms with van der Waals surface area (Å²) in [4.78, 5) is 35.8. The van der Waals surface area contributed by atoms with Crippen LogP contribution < -0.4 is 9.64 Å². The monoisotopic (exact) mass is 456 g/mol. The predicted molar refractivity (Wildman–Crippen MR) is 124 cm³/mol. The van der Waals surface area contributed by atoms with Gasteiger partial charge >= 0.3 is 0 Å². The minimum absolute atomic E-state index is 0.0439. The summed E-state index contributed by atoms with van der Waals surface area (Å²) < 4.78 is 18.3. The van der Waals surface area contributed by atoms with Crippen LogP contribution in [0.4, 0.5) is 15.8 Å². The SMILES string of the molecule is COc1ccc(N=C2SC(C(=O)N3CCN(c4ccc(F)cc4)CC3)CC(=O)N2C)cc1. The molecule has 1 atom stereocenters. The van der Waals surface area contributed by atoms with Crippen LogP contribution in [-0.4, -0.2) is 72.4 Å². The second kappa shape index (κ2) is 9.60. The zero-order valence-electron chi connectivity index (χ0n) is 18.0. The maximum absolute atomic E-state index is 13.2. The number of thioether (sulfide) groups is 1. The van der Waals surface area contributed by atoms with E-state index in [-0.39, 0.29) is 24.1 Å².